The molecule has 22 heavy (non-hydrogen) atoms. The van der Waals surface area contributed by atoms with E-state index in [2.05, 4.69) is 10.3 Å². The average molecular weight is 326 g/mol. The van der Waals surface area contributed by atoms with Gasteiger partial charge < -0.3 is 15.6 Å². The van der Waals surface area contributed by atoms with Crippen molar-refractivity contribution in [3.05, 3.63) is 65.1 Å². The molecule has 1 aromatic heterocycles. The third-order valence-corrected chi connectivity index (χ3v) is 3.05. The second kappa shape index (κ2) is 6.71. The number of halogens is 3. The molecule has 8 heteroatoms. The van der Waals surface area contributed by atoms with Crippen molar-refractivity contribution in [2.45, 2.75) is 12.7 Å². The van der Waals surface area contributed by atoms with Gasteiger partial charge in [-0.25, -0.2) is 0 Å². The Morgan fingerprint density at radius 1 is 1.23 bits per heavy atom. The number of hydrogen-bond donors (Lipinski definition) is 1. The van der Waals surface area contributed by atoms with Gasteiger partial charge in [0.1, 0.15) is 0 Å². The number of thiocarbonyl (C=S) groups is 1. The molecular weight excluding hydrogens is 315 g/mol. The van der Waals surface area contributed by atoms with Gasteiger partial charge in [0.25, 0.3) is 0 Å². The smallest absolute Gasteiger partial charge is 0.416 e. The molecule has 0 bridgehead atoms. The van der Waals surface area contributed by atoms with Crippen molar-refractivity contribution in [1.82, 2.24) is 10.0 Å². The Balaban J connectivity index is 2.02. The number of nitrogens with one attached hydrogen (secondary N) is 1. The molecule has 0 aliphatic carbocycles. The number of aromatic nitrogens is 1. The number of benzene rings is 1. The molecule has 0 atom stereocenters. The maximum absolute atomic E-state index is 12.6. The van der Waals surface area contributed by atoms with Gasteiger partial charge in [0, 0.05) is 24.6 Å². The van der Waals surface area contributed by atoms with Gasteiger partial charge in [0.2, 0.25) is 0 Å². The molecule has 4 nitrogen and oxygen atoms in total. The Morgan fingerprint density at radius 3 is 2.55 bits per heavy atom. The van der Waals surface area contributed by atoms with Gasteiger partial charge >= 0.3 is 6.18 Å². The fourth-order valence-corrected chi connectivity index (χ4v) is 1.87. The lowest BCUT2D eigenvalue weighted by atomic mass is 10.2. The Kier molecular flexibility index (Phi) is 4.94. The zero-order valence-electron chi connectivity index (χ0n) is 11.2. The van der Waals surface area contributed by atoms with Crippen LogP contribution < -0.4 is 5.32 Å². The van der Waals surface area contributed by atoms with E-state index in [0.29, 0.717) is 10.6 Å². The highest BCUT2D eigenvalue weighted by atomic mass is 32.1. The highest BCUT2D eigenvalue weighted by Crippen LogP contribution is 2.30. The van der Waals surface area contributed by atoms with Crippen LogP contribution in [-0.4, -0.2) is 15.2 Å². The molecule has 0 aliphatic rings. The lowest BCUT2D eigenvalue weighted by molar-refractivity contribution is -0.137. The summed E-state index contributed by atoms with van der Waals surface area (Å²) < 4.78 is 37.8. The minimum atomic E-state index is -4.45. The minimum Gasteiger partial charge on any atom is -0.756 e. The molecule has 0 radical (unpaired) electrons. The van der Waals surface area contributed by atoms with Gasteiger partial charge in [-0.3, -0.25) is 4.98 Å². The molecule has 2 aromatic rings. The first-order valence-corrected chi connectivity index (χ1v) is 6.59. The summed E-state index contributed by atoms with van der Waals surface area (Å²) in [6.45, 7) is -0.0205. The fraction of sp³-hybridized carbons (Fsp3) is 0.143. The summed E-state index contributed by atoms with van der Waals surface area (Å²) >= 11 is 4.90. The molecule has 0 saturated carbocycles. The lowest BCUT2D eigenvalue weighted by Gasteiger charge is -2.31. The first-order chi connectivity index (χ1) is 10.4. The predicted molar refractivity (Wildman–Crippen MR) is 80.8 cm³/mol. The summed E-state index contributed by atoms with van der Waals surface area (Å²) in [5.74, 6) is 0. The summed E-state index contributed by atoms with van der Waals surface area (Å²) in [5.41, 5.74) is -0.0134. The monoisotopic (exact) mass is 326 g/mol. The number of hydroxylamine groups is 2. The van der Waals surface area contributed by atoms with Crippen molar-refractivity contribution in [3.63, 3.8) is 0 Å². The number of nitrogens with zero attached hydrogens (tertiary/aromatic N) is 2. The first-order valence-electron chi connectivity index (χ1n) is 6.18. The van der Waals surface area contributed by atoms with E-state index < -0.39 is 11.7 Å². The van der Waals surface area contributed by atoms with E-state index >= 15 is 0 Å². The van der Waals surface area contributed by atoms with Crippen molar-refractivity contribution in [3.8, 4) is 0 Å². The zero-order chi connectivity index (χ0) is 16.2. The molecular formula is C14H11F3N3OS-. The molecule has 0 spiro atoms. The summed E-state index contributed by atoms with van der Waals surface area (Å²) in [7, 11) is 0. The molecule has 1 N–H and O–H groups in total. The first kappa shape index (κ1) is 16.2. The van der Waals surface area contributed by atoms with Crippen LogP contribution in [0, 0.1) is 5.21 Å². The van der Waals surface area contributed by atoms with E-state index in [9.17, 15) is 18.4 Å². The van der Waals surface area contributed by atoms with Crippen LogP contribution in [0.15, 0.2) is 48.8 Å². The van der Waals surface area contributed by atoms with E-state index in [-0.39, 0.29) is 17.3 Å². The largest absolute Gasteiger partial charge is 0.756 e. The Bertz CT molecular complexity index is 649. The normalized spacial score (nSPS) is 11.1. The van der Waals surface area contributed by atoms with Crippen molar-refractivity contribution >= 4 is 23.0 Å². The van der Waals surface area contributed by atoms with Gasteiger partial charge in [-0.2, -0.15) is 13.2 Å². The molecule has 0 fully saturated rings. The van der Waals surface area contributed by atoms with Crippen LogP contribution in [0.3, 0.4) is 0 Å². The summed E-state index contributed by atoms with van der Waals surface area (Å²) in [5, 5.41) is 14.7. The Labute approximate surface area is 130 Å². The van der Waals surface area contributed by atoms with E-state index in [1.165, 1.54) is 24.5 Å². The fourth-order valence-electron chi connectivity index (χ4n) is 1.68. The molecule has 2 rings (SSSR count). The third kappa shape index (κ3) is 4.40. The van der Waals surface area contributed by atoms with E-state index in [0.717, 1.165) is 12.1 Å². The van der Waals surface area contributed by atoms with E-state index in [1.54, 1.807) is 12.1 Å². The Hall–Kier alpha value is -2.19. The SMILES string of the molecule is [O-]N(Cc1ccncc1)C(=S)Nc1cccc(C(F)(F)F)c1. The van der Waals surface area contributed by atoms with Crippen LogP contribution in [0.1, 0.15) is 11.1 Å². The van der Waals surface area contributed by atoms with Crippen LogP contribution in [0.4, 0.5) is 18.9 Å². The van der Waals surface area contributed by atoms with E-state index in [4.69, 9.17) is 12.2 Å². The highest BCUT2D eigenvalue weighted by Gasteiger charge is 2.30. The number of pyridine rings is 1. The molecule has 116 valence electrons. The summed E-state index contributed by atoms with van der Waals surface area (Å²) in [6.07, 6.45) is -1.38. The average Bonchev–Trinajstić information content (AvgIpc) is 2.47. The standard InChI is InChI=1S/C14H11F3N3OS/c15-14(16,17)11-2-1-3-12(8-11)19-13(22)20(21)9-10-4-6-18-7-5-10/h1-8H,9H2,(H,19,22)/q-1. The maximum atomic E-state index is 12.6. The minimum absolute atomic E-state index is 0.0205. The zero-order valence-corrected chi connectivity index (χ0v) is 12.0. The summed E-state index contributed by atoms with van der Waals surface area (Å²) in [6, 6.07) is 7.79. The number of anilines is 1. The van der Waals surface area contributed by atoms with Crippen LogP contribution in [0.2, 0.25) is 0 Å². The molecule has 0 saturated heterocycles. The van der Waals surface area contributed by atoms with Crippen LogP contribution >= 0.6 is 12.2 Å². The predicted octanol–water partition coefficient (Wildman–Crippen LogP) is 3.80. The van der Waals surface area contributed by atoms with Crippen LogP contribution in [0.25, 0.3) is 0 Å². The van der Waals surface area contributed by atoms with Gasteiger partial charge in [-0.1, -0.05) is 6.07 Å². The second-order valence-electron chi connectivity index (χ2n) is 4.40. The highest BCUT2D eigenvalue weighted by molar-refractivity contribution is 7.80. The molecule has 1 heterocycles. The quantitative estimate of drug-likeness (QED) is 0.687. The topological polar surface area (TPSA) is 51.2 Å². The Morgan fingerprint density at radius 2 is 1.91 bits per heavy atom. The third-order valence-electron chi connectivity index (χ3n) is 2.74. The van der Waals surface area contributed by atoms with E-state index in [1.807, 2.05) is 0 Å². The lowest BCUT2D eigenvalue weighted by Crippen LogP contribution is -2.29. The number of rotatable bonds is 3. The van der Waals surface area contributed by atoms with Gasteiger partial charge in [0.15, 0.2) is 5.11 Å². The van der Waals surface area contributed by atoms with Crippen molar-refractivity contribution in [2.75, 3.05) is 5.32 Å². The molecule has 0 amide bonds. The molecule has 1 aromatic carbocycles. The van der Waals surface area contributed by atoms with Crippen LogP contribution in [0.5, 0.6) is 0 Å². The molecule has 0 unspecified atom stereocenters. The van der Waals surface area contributed by atoms with Crippen molar-refractivity contribution < 1.29 is 13.2 Å². The van der Waals surface area contributed by atoms with Crippen molar-refractivity contribution in [1.29, 1.82) is 0 Å². The van der Waals surface area contributed by atoms with Crippen LogP contribution in [-0.2, 0) is 12.7 Å². The van der Waals surface area contributed by atoms with Crippen molar-refractivity contribution in [2.24, 2.45) is 0 Å². The van der Waals surface area contributed by atoms with Gasteiger partial charge in [-0.15, -0.1) is 0 Å². The van der Waals surface area contributed by atoms with Gasteiger partial charge in [0.05, 0.1) is 5.56 Å². The summed E-state index contributed by atoms with van der Waals surface area (Å²) in [4.78, 5) is 3.82. The number of hydrogen-bond acceptors (Lipinski definition) is 3. The second-order valence-corrected chi connectivity index (χ2v) is 4.79. The van der Waals surface area contributed by atoms with Gasteiger partial charge in [-0.05, 0) is 48.1 Å². The molecule has 0 aliphatic heterocycles. The maximum Gasteiger partial charge on any atom is 0.416 e. The number of alkyl halides is 3.